The molecule has 1 aliphatic rings. The number of nitrogens with zero attached hydrogens (tertiary/aromatic N) is 1. The fraction of sp³-hybridized carbons (Fsp3) is 0.619. The molecule has 1 amide bonds. The molecule has 0 heterocycles. The molecule has 0 unspecified atom stereocenters. The van der Waals surface area contributed by atoms with Crippen molar-refractivity contribution >= 4 is 35.8 Å². The highest BCUT2D eigenvalue weighted by Crippen LogP contribution is 2.27. The first-order valence-corrected chi connectivity index (χ1v) is 10.1. The van der Waals surface area contributed by atoms with Crippen molar-refractivity contribution in [3.63, 3.8) is 0 Å². The average Bonchev–Trinajstić information content (AvgIpc) is 3.18. The van der Waals surface area contributed by atoms with E-state index < -0.39 is 0 Å². The monoisotopic (exact) mass is 502 g/mol. The minimum Gasteiger partial charge on any atom is -0.496 e. The van der Waals surface area contributed by atoms with Gasteiger partial charge in [-0.15, -0.1) is 24.0 Å². The number of halogens is 1. The highest BCUT2D eigenvalue weighted by atomic mass is 127. The van der Waals surface area contributed by atoms with Gasteiger partial charge in [0.1, 0.15) is 5.75 Å². The van der Waals surface area contributed by atoms with E-state index in [2.05, 4.69) is 27.0 Å². The molecule has 0 saturated heterocycles. The number of rotatable bonds is 10. The highest BCUT2D eigenvalue weighted by molar-refractivity contribution is 14.0. The molecular weight excluding hydrogens is 467 g/mol. The van der Waals surface area contributed by atoms with E-state index in [-0.39, 0.29) is 29.9 Å². The Hall–Kier alpha value is -1.51. The minimum atomic E-state index is 0. The number of nitrogens with one attached hydrogen (secondary N) is 3. The van der Waals surface area contributed by atoms with E-state index in [9.17, 15) is 4.79 Å². The van der Waals surface area contributed by atoms with Crippen molar-refractivity contribution in [2.75, 3.05) is 33.3 Å². The molecule has 2 rings (SSSR count). The van der Waals surface area contributed by atoms with Crippen LogP contribution in [-0.4, -0.2) is 45.2 Å². The summed E-state index contributed by atoms with van der Waals surface area (Å²) in [6.07, 6.45) is 6.45. The summed E-state index contributed by atoms with van der Waals surface area (Å²) in [6, 6.07) is 8.02. The van der Waals surface area contributed by atoms with Crippen LogP contribution in [0.4, 0.5) is 0 Å². The number of aliphatic imine (C=N–C) groups is 1. The molecule has 0 aromatic heterocycles. The predicted molar refractivity (Wildman–Crippen MR) is 126 cm³/mol. The van der Waals surface area contributed by atoms with Gasteiger partial charge in [-0.3, -0.25) is 9.79 Å². The Morgan fingerprint density at radius 1 is 1.14 bits per heavy atom. The molecule has 0 atom stereocenters. The minimum absolute atomic E-state index is 0. The Balaban J connectivity index is 0.00000392. The van der Waals surface area contributed by atoms with Gasteiger partial charge in [0.05, 0.1) is 7.11 Å². The van der Waals surface area contributed by atoms with Crippen LogP contribution in [0.3, 0.4) is 0 Å². The summed E-state index contributed by atoms with van der Waals surface area (Å²) in [6.45, 7) is 4.79. The third-order valence-electron chi connectivity index (χ3n) is 4.88. The summed E-state index contributed by atoms with van der Waals surface area (Å²) >= 11 is 0. The lowest BCUT2D eigenvalue weighted by molar-refractivity contribution is -0.121. The summed E-state index contributed by atoms with van der Waals surface area (Å²) in [5, 5.41) is 9.52. The zero-order valence-corrected chi connectivity index (χ0v) is 19.5. The lowest BCUT2D eigenvalue weighted by Gasteiger charge is -2.13. The second-order valence-electron chi connectivity index (χ2n) is 6.95. The Labute approximate surface area is 186 Å². The van der Waals surface area contributed by atoms with Crippen LogP contribution in [0.15, 0.2) is 29.3 Å². The Morgan fingerprint density at radius 2 is 1.86 bits per heavy atom. The fourth-order valence-corrected chi connectivity index (χ4v) is 3.47. The molecule has 0 spiro atoms. The van der Waals surface area contributed by atoms with E-state index in [1.807, 2.05) is 25.1 Å². The van der Waals surface area contributed by atoms with E-state index in [0.29, 0.717) is 32.0 Å². The zero-order valence-electron chi connectivity index (χ0n) is 17.1. The smallest absolute Gasteiger partial charge is 0.220 e. The molecular formula is C21H35IN4O2. The number of carbonyl (C=O) groups excluding carboxylic acids is 1. The van der Waals surface area contributed by atoms with Crippen molar-refractivity contribution < 1.29 is 9.53 Å². The summed E-state index contributed by atoms with van der Waals surface area (Å²) in [5.74, 6) is 2.43. The van der Waals surface area contributed by atoms with Crippen LogP contribution < -0.4 is 20.7 Å². The predicted octanol–water partition coefficient (Wildman–Crippen LogP) is 3.11. The summed E-state index contributed by atoms with van der Waals surface area (Å²) in [5.41, 5.74) is 1.15. The number of guanidine groups is 1. The van der Waals surface area contributed by atoms with Gasteiger partial charge < -0.3 is 20.7 Å². The van der Waals surface area contributed by atoms with Crippen LogP contribution in [0, 0.1) is 5.92 Å². The maximum absolute atomic E-state index is 12.0. The number of hydrogen-bond acceptors (Lipinski definition) is 3. The van der Waals surface area contributed by atoms with Crippen LogP contribution >= 0.6 is 24.0 Å². The van der Waals surface area contributed by atoms with Crippen molar-refractivity contribution in [3.05, 3.63) is 29.8 Å². The molecule has 1 fully saturated rings. The van der Waals surface area contributed by atoms with Crippen LogP contribution in [0.5, 0.6) is 5.75 Å². The molecule has 7 heteroatoms. The average molecular weight is 502 g/mol. The fourth-order valence-electron chi connectivity index (χ4n) is 3.47. The van der Waals surface area contributed by atoms with Crippen LogP contribution in [0.2, 0.25) is 0 Å². The largest absolute Gasteiger partial charge is 0.496 e. The molecule has 3 N–H and O–H groups in total. The Morgan fingerprint density at radius 3 is 2.57 bits per heavy atom. The number of amides is 1. The normalized spacial score (nSPS) is 14.3. The lowest BCUT2D eigenvalue weighted by atomic mass is 10.0. The maximum atomic E-state index is 12.0. The standard InChI is InChI=1S/C21H34N4O2.HI/c1-3-22-21(24-13-12-18-10-6-7-11-19(18)27-2)25-15-14-23-20(26)16-17-8-4-5-9-17;/h6-7,10-11,17H,3-5,8-9,12-16H2,1-2H3,(H,23,26)(H2,22,24,25);1H. The number of para-hydroxylation sites is 1. The van der Waals surface area contributed by atoms with E-state index in [4.69, 9.17) is 4.74 Å². The number of methoxy groups -OCH3 is 1. The van der Waals surface area contributed by atoms with Gasteiger partial charge in [0.25, 0.3) is 0 Å². The quantitative estimate of drug-likeness (QED) is 0.199. The first-order chi connectivity index (χ1) is 13.2. The summed E-state index contributed by atoms with van der Waals surface area (Å²) in [4.78, 5) is 16.6. The maximum Gasteiger partial charge on any atom is 0.220 e. The van der Waals surface area contributed by atoms with Crippen LogP contribution in [-0.2, 0) is 11.2 Å². The van der Waals surface area contributed by atoms with Gasteiger partial charge in [-0.2, -0.15) is 0 Å². The van der Waals surface area contributed by atoms with Gasteiger partial charge in [0, 0.05) is 32.6 Å². The van der Waals surface area contributed by atoms with Gasteiger partial charge in [-0.05, 0) is 43.7 Å². The lowest BCUT2D eigenvalue weighted by Crippen LogP contribution is -2.41. The van der Waals surface area contributed by atoms with Crippen molar-refractivity contribution in [1.29, 1.82) is 0 Å². The van der Waals surface area contributed by atoms with Crippen molar-refractivity contribution in [2.24, 2.45) is 10.9 Å². The topological polar surface area (TPSA) is 74.8 Å². The van der Waals surface area contributed by atoms with Gasteiger partial charge in [0.15, 0.2) is 5.96 Å². The van der Waals surface area contributed by atoms with Crippen molar-refractivity contribution in [2.45, 2.75) is 45.4 Å². The second kappa shape index (κ2) is 14.5. The Bertz CT molecular complexity index is 604. The molecule has 0 bridgehead atoms. The molecule has 28 heavy (non-hydrogen) atoms. The zero-order chi connectivity index (χ0) is 19.3. The van der Waals surface area contributed by atoms with E-state index in [1.54, 1.807) is 7.11 Å². The summed E-state index contributed by atoms with van der Waals surface area (Å²) in [7, 11) is 1.69. The highest BCUT2D eigenvalue weighted by Gasteiger charge is 2.17. The number of carbonyl (C=O) groups is 1. The third-order valence-corrected chi connectivity index (χ3v) is 4.88. The molecule has 1 saturated carbocycles. The van der Waals surface area contributed by atoms with Crippen LogP contribution in [0.25, 0.3) is 0 Å². The molecule has 6 nitrogen and oxygen atoms in total. The molecule has 0 aliphatic heterocycles. The molecule has 1 aliphatic carbocycles. The second-order valence-corrected chi connectivity index (χ2v) is 6.95. The molecule has 1 aromatic carbocycles. The van der Waals surface area contributed by atoms with Crippen LogP contribution in [0.1, 0.15) is 44.6 Å². The molecule has 158 valence electrons. The van der Waals surface area contributed by atoms with E-state index >= 15 is 0 Å². The number of ether oxygens (including phenoxy) is 1. The number of hydrogen-bond donors (Lipinski definition) is 3. The Kier molecular flexibility index (Phi) is 12.7. The van der Waals surface area contributed by atoms with Gasteiger partial charge in [-0.25, -0.2) is 0 Å². The van der Waals surface area contributed by atoms with Crippen molar-refractivity contribution in [3.8, 4) is 5.75 Å². The number of benzene rings is 1. The first kappa shape index (κ1) is 24.5. The van der Waals surface area contributed by atoms with E-state index in [0.717, 1.165) is 30.2 Å². The van der Waals surface area contributed by atoms with Crippen molar-refractivity contribution in [1.82, 2.24) is 16.0 Å². The molecule has 1 aromatic rings. The van der Waals surface area contributed by atoms with Gasteiger partial charge in [0.2, 0.25) is 5.91 Å². The molecule has 0 radical (unpaired) electrons. The van der Waals surface area contributed by atoms with Gasteiger partial charge in [-0.1, -0.05) is 31.0 Å². The van der Waals surface area contributed by atoms with Gasteiger partial charge >= 0.3 is 0 Å². The summed E-state index contributed by atoms with van der Waals surface area (Å²) < 4.78 is 5.38. The first-order valence-electron chi connectivity index (χ1n) is 10.1. The SMILES string of the molecule is CCNC(=NCCc1ccccc1OC)NCCNC(=O)CC1CCCC1.I. The van der Waals surface area contributed by atoms with E-state index in [1.165, 1.54) is 25.7 Å². The third kappa shape index (κ3) is 9.12.